The highest BCUT2D eigenvalue weighted by Crippen LogP contribution is 2.38. The number of ketones is 1. The van der Waals surface area contributed by atoms with E-state index in [1.54, 1.807) is 25.1 Å². The van der Waals surface area contributed by atoms with E-state index in [1.807, 2.05) is 38.1 Å². The zero-order valence-corrected chi connectivity index (χ0v) is 16.4. The maximum Gasteiger partial charge on any atom is 0.251 e. The summed E-state index contributed by atoms with van der Waals surface area (Å²) in [6, 6.07) is 7.62. The summed E-state index contributed by atoms with van der Waals surface area (Å²) in [6.07, 6.45) is 2.69. The molecule has 2 aromatic heterocycles. The van der Waals surface area contributed by atoms with Crippen LogP contribution in [-0.2, 0) is 6.42 Å². The van der Waals surface area contributed by atoms with E-state index in [-0.39, 0.29) is 11.7 Å². The molecule has 144 valence electrons. The van der Waals surface area contributed by atoms with Crippen LogP contribution in [0.4, 0.5) is 0 Å². The zero-order valence-electron chi connectivity index (χ0n) is 16.4. The van der Waals surface area contributed by atoms with Gasteiger partial charge in [0.2, 0.25) is 0 Å². The lowest BCUT2D eigenvalue weighted by atomic mass is 9.82. The Morgan fingerprint density at radius 3 is 2.46 bits per heavy atom. The molecule has 0 amide bonds. The molecule has 28 heavy (non-hydrogen) atoms. The van der Waals surface area contributed by atoms with Crippen molar-refractivity contribution in [3.8, 4) is 17.4 Å². The minimum Gasteiger partial charge on any atom is -0.497 e. The summed E-state index contributed by atoms with van der Waals surface area (Å²) in [5, 5.41) is 4.42. The van der Waals surface area contributed by atoms with Crippen molar-refractivity contribution in [2.45, 2.75) is 32.6 Å². The van der Waals surface area contributed by atoms with Crippen LogP contribution in [0.3, 0.4) is 0 Å². The molecule has 0 fully saturated rings. The number of hydrogen-bond acceptors (Lipinski definition) is 6. The number of nitrogens with zero attached hydrogens (tertiary/aromatic N) is 4. The molecule has 1 atom stereocenters. The molecule has 1 unspecified atom stereocenters. The van der Waals surface area contributed by atoms with Crippen LogP contribution in [0.15, 0.2) is 30.5 Å². The highest BCUT2D eigenvalue weighted by molar-refractivity contribution is 5.98. The predicted molar refractivity (Wildman–Crippen MR) is 104 cm³/mol. The normalized spacial score (nSPS) is 16.0. The molecule has 3 aromatic rings. The average Bonchev–Trinajstić information content (AvgIpc) is 3.11. The van der Waals surface area contributed by atoms with E-state index in [4.69, 9.17) is 9.47 Å². The monoisotopic (exact) mass is 378 g/mol. The topological polar surface area (TPSA) is 79.1 Å². The quantitative estimate of drug-likeness (QED) is 0.694. The number of methoxy groups -OCH3 is 2. The Hall–Kier alpha value is -3.22. The Bertz CT molecular complexity index is 1040. The Balaban J connectivity index is 1.76. The molecular formula is C21H22N4O3. The molecular weight excluding hydrogens is 356 g/mol. The van der Waals surface area contributed by atoms with Crippen molar-refractivity contribution in [2.75, 3.05) is 14.2 Å². The van der Waals surface area contributed by atoms with Gasteiger partial charge in [0.05, 0.1) is 31.7 Å². The number of ether oxygens (including phenoxy) is 2. The lowest BCUT2D eigenvalue weighted by Crippen LogP contribution is -2.21. The molecule has 2 heterocycles. The third-order valence-corrected chi connectivity index (χ3v) is 5.08. The molecule has 0 radical (unpaired) electrons. The first kappa shape index (κ1) is 18.2. The van der Waals surface area contributed by atoms with Crippen molar-refractivity contribution in [1.82, 2.24) is 19.7 Å². The van der Waals surface area contributed by atoms with Crippen molar-refractivity contribution < 1.29 is 14.3 Å². The first-order valence-electron chi connectivity index (χ1n) is 9.15. The predicted octanol–water partition coefficient (Wildman–Crippen LogP) is 3.21. The van der Waals surface area contributed by atoms with E-state index >= 15 is 0 Å². The molecule has 0 aliphatic heterocycles. The van der Waals surface area contributed by atoms with Gasteiger partial charge in [-0.1, -0.05) is 6.07 Å². The smallest absolute Gasteiger partial charge is 0.251 e. The molecule has 1 aliphatic carbocycles. The molecule has 1 aliphatic rings. The van der Waals surface area contributed by atoms with Gasteiger partial charge in [-0.15, -0.1) is 0 Å². The summed E-state index contributed by atoms with van der Waals surface area (Å²) in [5.74, 6) is 1.99. The van der Waals surface area contributed by atoms with Crippen LogP contribution in [0, 0.1) is 13.8 Å². The lowest BCUT2D eigenvalue weighted by Gasteiger charge is -2.24. The first-order chi connectivity index (χ1) is 13.5. The van der Waals surface area contributed by atoms with Crippen molar-refractivity contribution >= 4 is 5.78 Å². The molecule has 0 spiro atoms. The molecule has 7 heteroatoms. The van der Waals surface area contributed by atoms with Crippen LogP contribution in [0.2, 0.25) is 0 Å². The van der Waals surface area contributed by atoms with E-state index < -0.39 is 0 Å². The van der Waals surface area contributed by atoms with Gasteiger partial charge in [-0.2, -0.15) is 5.10 Å². The second-order valence-electron chi connectivity index (χ2n) is 7.00. The third kappa shape index (κ3) is 3.13. The number of Topliss-reactive ketones (excluding diaryl/α,β-unsaturated/α-hetero) is 1. The molecule has 4 rings (SSSR count). The molecule has 7 nitrogen and oxygen atoms in total. The van der Waals surface area contributed by atoms with Gasteiger partial charge in [0.25, 0.3) is 5.95 Å². The summed E-state index contributed by atoms with van der Waals surface area (Å²) in [5.41, 5.74) is 4.19. The average molecular weight is 378 g/mol. The number of carbonyl (C=O) groups is 1. The highest BCUT2D eigenvalue weighted by atomic mass is 16.5. The minimum absolute atomic E-state index is 0.0118. The fourth-order valence-electron chi connectivity index (χ4n) is 3.79. The highest BCUT2D eigenvalue weighted by Gasteiger charge is 2.32. The van der Waals surface area contributed by atoms with Crippen LogP contribution in [0.25, 0.3) is 5.95 Å². The van der Waals surface area contributed by atoms with Crippen LogP contribution >= 0.6 is 0 Å². The number of aromatic nitrogens is 4. The summed E-state index contributed by atoms with van der Waals surface area (Å²) in [4.78, 5) is 21.8. The second-order valence-corrected chi connectivity index (χ2v) is 7.00. The minimum atomic E-state index is -0.0118. The van der Waals surface area contributed by atoms with Gasteiger partial charge < -0.3 is 9.47 Å². The van der Waals surface area contributed by atoms with E-state index in [0.29, 0.717) is 30.1 Å². The number of fused-ring (bicyclic) bond motifs is 1. The van der Waals surface area contributed by atoms with Crippen LogP contribution in [0.5, 0.6) is 11.5 Å². The third-order valence-electron chi connectivity index (χ3n) is 5.08. The second kappa shape index (κ2) is 7.07. The largest absolute Gasteiger partial charge is 0.497 e. The summed E-state index contributed by atoms with van der Waals surface area (Å²) < 4.78 is 12.5. The maximum absolute atomic E-state index is 12.8. The van der Waals surface area contributed by atoms with Gasteiger partial charge in [-0.25, -0.2) is 14.6 Å². The van der Waals surface area contributed by atoms with Gasteiger partial charge in [-0.3, -0.25) is 4.79 Å². The molecule has 0 bridgehead atoms. The van der Waals surface area contributed by atoms with Crippen LogP contribution in [-0.4, -0.2) is 39.8 Å². The van der Waals surface area contributed by atoms with Crippen molar-refractivity contribution in [1.29, 1.82) is 0 Å². The first-order valence-corrected chi connectivity index (χ1v) is 9.15. The summed E-state index contributed by atoms with van der Waals surface area (Å²) >= 11 is 0. The van der Waals surface area contributed by atoms with E-state index in [0.717, 1.165) is 28.4 Å². The molecule has 1 aromatic carbocycles. The Morgan fingerprint density at radius 2 is 1.79 bits per heavy atom. The van der Waals surface area contributed by atoms with Gasteiger partial charge in [0.15, 0.2) is 5.78 Å². The zero-order chi connectivity index (χ0) is 19.8. The number of carbonyl (C=O) groups excluding carboxylic acids is 1. The van der Waals surface area contributed by atoms with Gasteiger partial charge in [0, 0.05) is 29.8 Å². The van der Waals surface area contributed by atoms with Crippen molar-refractivity contribution in [3.63, 3.8) is 0 Å². The van der Waals surface area contributed by atoms with E-state index in [1.165, 1.54) is 0 Å². The van der Waals surface area contributed by atoms with Crippen molar-refractivity contribution in [2.24, 2.45) is 0 Å². The van der Waals surface area contributed by atoms with Gasteiger partial charge in [0.1, 0.15) is 11.5 Å². The Labute approximate surface area is 163 Å². The number of hydrogen-bond donors (Lipinski definition) is 0. The van der Waals surface area contributed by atoms with E-state index in [2.05, 4.69) is 15.1 Å². The number of rotatable bonds is 4. The van der Waals surface area contributed by atoms with Crippen LogP contribution in [0.1, 0.15) is 45.3 Å². The Kier molecular flexibility index (Phi) is 4.58. The fourth-order valence-corrected chi connectivity index (χ4v) is 3.79. The number of benzene rings is 1. The molecule has 0 saturated heterocycles. The standard InChI is InChI=1S/C21H22N4O3/c1-12-7-13(2)24-21(23-12)25-18-8-14(9-19(26)17(18)11-22-25)16-6-5-15(27-3)10-20(16)28-4/h5-7,10-11,14H,8-9H2,1-4H3. The van der Waals surface area contributed by atoms with E-state index in [9.17, 15) is 4.79 Å². The fraction of sp³-hybridized carbons (Fsp3) is 0.333. The Morgan fingerprint density at radius 1 is 1.04 bits per heavy atom. The summed E-state index contributed by atoms with van der Waals surface area (Å²) in [7, 11) is 3.25. The lowest BCUT2D eigenvalue weighted by molar-refractivity contribution is 0.0963. The van der Waals surface area contributed by atoms with Gasteiger partial charge in [-0.05, 0) is 38.0 Å². The molecule has 0 N–H and O–H groups in total. The van der Waals surface area contributed by atoms with Gasteiger partial charge >= 0.3 is 0 Å². The maximum atomic E-state index is 12.8. The van der Waals surface area contributed by atoms with Crippen molar-refractivity contribution in [3.05, 3.63) is 58.7 Å². The summed E-state index contributed by atoms with van der Waals surface area (Å²) in [6.45, 7) is 3.84. The molecule has 0 saturated carbocycles. The number of aryl methyl sites for hydroxylation is 2. The van der Waals surface area contributed by atoms with Crippen LogP contribution < -0.4 is 9.47 Å². The SMILES string of the molecule is COc1ccc(C2CC(=O)c3cnn(-c4nc(C)cc(C)n4)c3C2)c(OC)c1.